The number of esters is 1. The molecule has 0 atom stereocenters. The number of hydrogen-bond donors (Lipinski definition) is 1. The zero-order chi connectivity index (χ0) is 21.8. The van der Waals surface area contributed by atoms with Crippen molar-refractivity contribution in [1.82, 2.24) is 5.16 Å². The Hall–Kier alpha value is -3.21. The lowest BCUT2D eigenvalue weighted by Crippen LogP contribution is -2.37. The Morgan fingerprint density at radius 1 is 1.10 bits per heavy atom. The molecule has 2 heterocycles. The molecule has 0 spiro atoms. The van der Waals surface area contributed by atoms with Crippen LogP contribution >= 0.6 is 0 Å². The first-order valence-corrected chi connectivity index (χ1v) is 11.1. The Labute approximate surface area is 179 Å². The molecule has 0 amide bonds. The summed E-state index contributed by atoms with van der Waals surface area (Å²) in [5, 5.41) is 9.17. The Kier molecular flexibility index (Phi) is 6.03. The topological polar surface area (TPSA) is 125 Å². The predicted molar refractivity (Wildman–Crippen MR) is 112 cm³/mol. The molecular formula is C21H21N3O6S. The molecule has 0 radical (unpaired) electrons. The number of ether oxygens (including phenoxy) is 2. The molecule has 0 unspecified atom stereocenters. The van der Waals surface area contributed by atoms with Gasteiger partial charge in [0.25, 0.3) is 0 Å². The molecule has 0 saturated carbocycles. The Balaban J connectivity index is 1.55. The molecule has 4 rings (SSSR count). The van der Waals surface area contributed by atoms with E-state index in [0.29, 0.717) is 43.4 Å². The van der Waals surface area contributed by atoms with Crippen molar-refractivity contribution in [2.45, 2.75) is 11.5 Å². The van der Waals surface area contributed by atoms with Crippen LogP contribution in [0.25, 0.3) is 11.3 Å². The molecule has 10 heteroatoms. The standard InChI is InChI=1S/C21H21N3O6S/c22-31(26,27)17-6-7-19(24-8-10-28-11-9-24)18(13-17)21(25)29-14-16-12-20(30-23-16)15-4-2-1-3-5-15/h1-7,12-13H,8-11,14H2,(H2,22,26,27). The first-order chi connectivity index (χ1) is 14.9. The van der Waals surface area contributed by atoms with Crippen molar-refractivity contribution in [3.63, 3.8) is 0 Å². The average molecular weight is 443 g/mol. The molecule has 0 aliphatic carbocycles. The van der Waals surface area contributed by atoms with Crippen molar-refractivity contribution in [3.05, 3.63) is 65.9 Å². The van der Waals surface area contributed by atoms with E-state index < -0.39 is 16.0 Å². The molecule has 0 bridgehead atoms. The van der Waals surface area contributed by atoms with Crippen LogP contribution in [0.4, 0.5) is 5.69 Å². The third kappa shape index (κ3) is 4.93. The van der Waals surface area contributed by atoms with E-state index in [2.05, 4.69) is 5.16 Å². The van der Waals surface area contributed by atoms with Gasteiger partial charge in [0.1, 0.15) is 12.3 Å². The number of anilines is 1. The summed E-state index contributed by atoms with van der Waals surface area (Å²) in [5.41, 5.74) is 1.96. The number of hydrogen-bond acceptors (Lipinski definition) is 8. The van der Waals surface area contributed by atoms with Crippen LogP contribution in [-0.2, 0) is 26.1 Å². The van der Waals surface area contributed by atoms with Crippen LogP contribution < -0.4 is 10.0 Å². The van der Waals surface area contributed by atoms with Crippen molar-refractivity contribution >= 4 is 21.7 Å². The fraction of sp³-hybridized carbons (Fsp3) is 0.238. The van der Waals surface area contributed by atoms with Crippen molar-refractivity contribution in [2.24, 2.45) is 5.14 Å². The van der Waals surface area contributed by atoms with Crippen LogP contribution in [0.1, 0.15) is 16.1 Å². The molecule has 1 saturated heterocycles. The van der Waals surface area contributed by atoms with Gasteiger partial charge in [0.2, 0.25) is 10.0 Å². The van der Waals surface area contributed by atoms with Gasteiger partial charge >= 0.3 is 5.97 Å². The number of nitrogens with two attached hydrogens (primary N) is 1. The number of morpholine rings is 1. The number of benzene rings is 2. The summed E-state index contributed by atoms with van der Waals surface area (Å²) in [4.78, 5) is 14.6. The van der Waals surface area contributed by atoms with Gasteiger partial charge in [-0.05, 0) is 18.2 Å². The average Bonchev–Trinajstić information content (AvgIpc) is 3.27. The highest BCUT2D eigenvalue weighted by atomic mass is 32.2. The largest absolute Gasteiger partial charge is 0.455 e. The molecule has 162 valence electrons. The van der Waals surface area contributed by atoms with E-state index in [9.17, 15) is 13.2 Å². The van der Waals surface area contributed by atoms with E-state index in [0.717, 1.165) is 5.56 Å². The number of sulfonamides is 1. The van der Waals surface area contributed by atoms with Gasteiger partial charge < -0.3 is 18.9 Å². The second-order valence-corrected chi connectivity index (χ2v) is 8.51. The van der Waals surface area contributed by atoms with E-state index >= 15 is 0 Å². The highest BCUT2D eigenvalue weighted by molar-refractivity contribution is 7.89. The summed E-state index contributed by atoms with van der Waals surface area (Å²) in [7, 11) is -3.98. The molecular weight excluding hydrogens is 422 g/mol. The lowest BCUT2D eigenvalue weighted by molar-refractivity contribution is 0.0464. The van der Waals surface area contributed by atoms with Crippen molar-refractivity contribution in [3.8, 4) is 11.3 Å². The maximum atomic E-state index is 12.9. The lowest BCUT2D eigenvalue weighted by atomic mass is 10.1. The zero-order valence-corrected chi connectivity index (χ0v) is 17.4. The molecule has 1 aliphatic rings. The number of primary sulfonamides is 1. The van der Waals surface area contributed by atoms with E-state index in [4.69, 9.17) is 19.1 Å². The molecule has 2 N–H and O–H groups in total. The number of carbonyl (C=O) groups excluding carboxylic acids is 1. The van der Waals surface area contributed by atoms with E-state index in [1.165, 1.54) is 12.1 Å². The van der Waals surface area contributed by atoms with Crippen LogP contribution in [0, 0.1) is 0 Å². The minimum atomic E-state index is -3.98. The SMILES string of the molecule is NS(=O)(=O)c1ccc(N2CCOCC2)c(C(=O)OCc2cc(-c3ccccc3)on2)c1. The number of rotatable bonds is 6. The summed E-state index contributed by atoms with van der Waals surface area (Å²) in [6.45, 7) is 2.02. The van der Waals surface area contributed by atoms with Gasteiger partial charge in [0, 0.05) is 24.7 Å². The number of carbonyl (C=O) groups is 1. The van der Waals surface area contributed by atoms with Gasteiger partial charge in [0.05, 0.1) is 29.4 Å². The Morgan fingerprint density at radius 3 is 2.55 bits per heavy atom. The minimum absolute atomic E-state index is 0.111. The fourth-order valence-electron chi connectivity index (χ4n) is 3.27. The molecule has 3 aromatic rings. The predicted octanol–water partition coefficient (Wildman–Crippen LogP) is 2.18. The first-order valence-electron chi connectivity index (χ1n) is 9.59. The maximum Gasteiger partial charge on any atom is 0.340 e. The quantitative estimate of drug-likeness (QED) is 0.575. The zero-order valence-electron chi connectivity index (χ0n) is 16.6. The van der Waals surface area contributed by atoms with Gasteiger partial charge in [0.15, 0.2) is 5.76 Å². The maximum absolute atomic E-state index is 12.9. The smallest absolute Gasteiger partial charge is 0.340 e. The van der Waals surface area contributed by atoms with E-state index in [1.807, 2.05) is 35.2 Å². The summed E-state index contributed by atoms with van der Waals surface area (Å²) >= 11 is 0. The van der Waals surface area contributed by atoms with Crippen molar-refractivity contribution in [1.29, 1.82) is 0 Å². The van der Waals surface area contributed by atoms with Crippen molar-refractivity contribution < 1.29 is 27.2 Å². The Bertz CT molecular complexity index is 1170. The van der Waals surface area contributed by atoms with Gasteiger partial charge in [-0.15, -0.1) is 0 Å². The fourth-order valence-corrected chi connectivity index (χ4v) is 3.81. The number of aromatic nitrogens is 1. The normalized spacial score (nSPS) is 14.4. The van der Waals surface area contributed by atoms with Crippen LogP contribution in [0.2, 0.25) is 0 Å². The first kappa shape index (κ1) is 21.0. The third-order valence-electron chi connectivity index (χ3n) is 4.84. The van der Waals surface area contributed by atoms with Crippen LogP contribution in [-0.4, -0.2) is 45.8 Å². The van der Waals surface area contributed by atoms with Crippen molar-refractivity contribution in [2.75, 3.05) is 31.2 Å². The summed E-state index contributed by atoms with van der Waals surface area (Å²) in [5.74, 6) is -0.131. The summed E-state index contributed by atoms with van der Waals surface area (Å²) in [6.07, 6.45) is 0. The second-order valence-electron chi connectivity index (χ2n) is 6.95. The highest BCUT2D eigenvalue weighted by Crippen LogP contribution is 2.26. The van der Waals surface area contributed by atoms with E-state index in [1.54, 1.807) is 12.1 Å². The molecule has 31 heavy (non-hydrogen) atoms. The third-order valence-corrected chi connectivity index (χ3v) is 5.75. The molecule has 1 fully saturated rings. The number of nitrogens with zero attached hydrogens (tertiary/aromatic N) is 2. The molecule has 9 nitrogen and oxygen atoms in total. The second kappa shape index (κ2) is 8.88. The summed E-state index contributed by atoms with van der Waals surface area (Å²) in [6, 6.07) is 15.3. The van der Waals surface area contributed by atoms with Gasteiger partial charge in [-0.2, -0.15) is 0 Å². The minimum Gasteiger partial charge on any atom is -0.455 e. The molecule has 1 aromatic heterocycles. The van der Waals surface area contributed by atoms with Gasteiger partial charge in [-0.3, -0.25) is 0 Å². The molecule has 2 aromatic carbocycles. The van der Waals surface area contributed by atoms with Gasteiger partial charge in [-0.1, -0.05) is 35.5 Å². The van der Waals surface area contributed by atoms with Crippen LogP contribution in [0.5, 0.6) is 0 Å². The molecule has 1 aliphatic heterocycles. The highest BCUT2D eigenvalue weighted by Gasteiger charge is 2.23. The van der Waals surface area contributed by atoms with E-state index in [-0.39, 0.29) is 17.1 Å². The lowest BCUT2D eigenvalue weighted by Gasteiger charge is -2.30. The van der Waals surface area contributed by atoms with Crippen LogP contribution in [0.3, 0.4) is 0 Å². The summed E-state index contributed by atoms with van der Waals surface area (Å²) < 4.78 is 39.6. The Morgan fingerprint density at radius 2 is 1.84 bits per heavy atom. The van der Waals surface area contributed by atoms with Gasteiger partial charge in [-0.25, -0.2) is 18.4 Å². The monoisotopic (exact) mass is 443 g/mol. The van der Waals surface area contributed by atoms with Crippen LogP contribution in [0.15, 0.2) is 64.0 Å².